The number of fused-ring (bicyclic) bond motifs is 1. The van der Waals surface area contributed by atoms with Crippen LogP contribution >= 0.6 is 11.8 Å². The second kappa shape index (κ2) is 12.6. The summed E-state index contributed by atoms with van der Waals surface area (Å²) in [6, 6.07) is 30.9. The van der Waals surface area contributed by atoms with Gasteiger partial charge < -0.3 is 15.4 Å². The van der Waals surface area contributed by atoms with Crippen LogP contribution in [0.15, 0.2) is 103 Å². The fraction of sp³-hybridized carbons (Fsp3) is 0.138. The maximum Gasteiger partial charge on any atom is 0.330 e. The van der Waals surface area contributed by atoms with E-state index in [1.165, 1.54) is 11.8 Å². The molecule has 0 saturated carbocycles. The minimum absolute atomic E-state index is 0.303. The van der Waals surface area contributed by atoms with Crippen molar-refractivity contribution in [3.05, 3.63) is 114 Å². The Morgan fingerprint density at radius 3 is 2.22 bits per heavy atom. The molecular weight excluding hydrogens is 472 g/mol. The van der Waals surface area contributed by atoms with E-state index in [9.17, 15) is 14.4 Å². The van der Waals surface area contributed by atoms with E-state index < -0.39 is 24.5 Å². The van der Waals surface area contributed by atoms with E-state index in [-0.39, 0.29) is 5.91 Å². The number of thioether (sulfide) groups is 1. The fourth-order valence-electron chi connectivity index (χ4n) is 3.63. The quantitative estimate of drug-likeness (QED) is 0.299. The van der Waals surface area contributed by atoms with E-state index in [2.05, 4.69) is 10.6 Å². The van der Waals surface area contributed by atoms with Crippen molar-refractivity contribution in [2.75, 3.05) is 17.7 Å². The first-order valence-corrected chi connectivity index (χ1v) is 12.7. The number of rotatable bonds is 10. The van der Waals surface area contributed by atoms with Crippen molar-refractivity contribution < 1.29 is 19.1 Å². The molecule has 0 aromatic heterocycles. The molecule has 2 N–H and O–H groups in total. The van der Waals surface area contributed by atoms with Gasteiger partial charge in [0.25, 0.3) is 11.8 Å². The summed E-state index contributed by atoms with van der Waals surface area (Å²) in [4.78, 5) is 38.1. The van der Waals surface area contributed by atoms with E-state index in [4.69, 9.17) is 4.74 Å². The highest BCUT2D eigenvalue weighted by atomic mass is 32.2. The van der Waals surface area contributed by atoms with Gasteiger partial charge in [0.1, 0.15) is 6.04 Å². The first-order chi connectivity index (χ1) is 17.6. The summed E-state index contributed by atoms with van der Waals surface area (Å²) in [5.74, 6) is -0.513. The molecule has 36 heavy (non-hydrogen) atoms. The number of carbonyl (C=O) groups excluding carboxylic acids is 3. The monoisotopic (exact) mass is 498 g/mol. The normalized spacial score (nSPS) is 11.4. The maximum absolute atomic E-state index is 12.9. The molecule has 4 rings (SSSR count). The fourth-order valence-corrected chi connectivity index (χ4v) is 4.63. The van der Waals surface area contributed by atoms with Gasteiger partial charge in [-0.3, -0.25) is 9.59 Å². The first kappa shape index (κ1) is 25.0. The molecule has 2 amide bonds. The zero-order chi connectivity index (χ0) is 25.2. The standard InChI is InChI=1S/C29H26N2O4S/c32-27(30-25-17-9-15-22-12-7-8-16-24(22)25)18-35-29(34)26(20-36-19-21-10-3-1-4-11-21)31-28(33)23-13-5-2-6-14-23/h1-17,26H,18-20H2,(H,30,32)(H,31,33). The molecule has 4 aromatic rings. The number of hydrogen-bond acceptors (Lipinski definition) is 5. The van der Waals surface area contributed by atoms with Crippen LogP contribution in [-0.2, 0) is 20.1 Å². The van der Waals surface area contributed by atoms with Gasteiger partial charge in [0.2, 0.25) is 0 Å². The van der Waals surface area contributed by atoms with Gasteiger partial charge >= 0.3 is 5.97 Å². The van der Waals surface area contributed by atoms with Gasteiger partial charge in [-0.15, -0.1) is 0 Å². The molecule has 0 radical (unpaired) electrons. The van der Waals surface area contributed by atoms with Crippen molar-refractivity contribution in [2.24, 2.45) is 0 Å². The van der Waals surface area contributed by atoms with Crippen LogP contribution in [0.5, 0.6) is 0 Å². The summed E-state index contributed by atoms with van der Waals surface area (Å²) in [6.07, 6.45) is 0. The number of amides is 2. The van der Waals surface area contributed by atoms with Gasteiger partial charge in [0.15, 0.2) is 6.61 Å². The smallest absolute Gasteiger partial charge is 0.330 e. The molecule has 6 nitrogen and oxygen atoms in total. The zero-order valence-corrected chi connectivity index (χ0v) is 20.4. The van der Waals surface area contributed by atoms with E-state index in [0.29, 0.717) is 22.8 Å². The number of carbonyl (C=O) groups is 3. The Labute approximate surface area is 214 Å². The lowest BCUT2D eigenvalue weighted by Crippen LogP contribution is -2.44. The van der Waals surface area contributed by atoms with Gasteiger partial charge in [-0.05, 0) is 29.1 Å². The SMILES string of the molecule is O=C(COC(=O)C(CSCc1ccccc1)NC(=O)c1ccccc1)Nc1cccc2ccccc12. The highest BCUT2D eigenvalue weighted by Gasteiger charge is 2.24. The average molecular weight is 499 g/mol. The molecule has 0 saturated heterocycles. The predicted molar refractivity (Wildman–Crippen MR) is 144 cm³/mol. The van der Waals surface area contributed by atoms with E-state index >= 15 is 0 Å². The Morgan fingerprint density at radius 2 is 1.44 bits per heavy atom. The molecule has 0 fully saturated rings. The third kappa shape index (κ3) is 6.96. The molecule has 0 spiro atoms. The Bertz CT molecular complexity index is 1320. The van der Waals surface area contributed by atoms with E-state index in [1.54, 1.807) is 30.3 Å². The highest BCUT2D eigenvalue weighted by molar-refractivity contribution is 7.98. The van der Waals surface area contributed by atoms with Crippen molar-refractivity contribution in [1.82, 2.24) is 5.32 Å². The number of benzene rings is 4. The summed E-state index contributed by atoms with van der Waals surface area (Å²) in [7, 11) is 0. The summed E-state index contributed by atoms with van der Waals surface area (Å²) in [5.41, 5.74) is 2.19. The molecule has 0 aliphatic heterocycles. The van der Waals surface area contributed by atoms with Crippen molar-refractivity contribution in [3.8, 4) is 0 Å². The first-order valence-electron chi connectivity index (χ1n) is 11.5. The van der Waals surface area contributed by atoms with Crippen molar-refractivity contribution in [2.45, 2.75) is 11.8 Å². The van der Waals surface area contributed by atoms with Crippen LogP contribution in [0.3, 0.4) is 0 Å². The molecule has 4 aromatic carbocycles. The summed E-state index contributed by atoms with van der Waals surface area (Å²) in [5, 5.41) is 7.44. The van der Waals surface area contributed by atoms with Crippen LogP contribution in [0, 0.1) is 0 Å². The minimum atomic E-state index is -0.906. The maximum atomic E-state index is 12.9. The number of ether oxygens (including phenoxy) is 1. The lowest BCUT2D eigenvalue weighted by Gasteiger charge is -2.18. The lowest BCUT2D eigenvalue weighted by atomic mass is 10.1. The Balaban J connectivity index is 1.37. The van der Waals surface area contributed by atoms with Gasteiger partial charge in [-0.25, -0.2) is 4.79 Å². The predicted octanol–water partition coefficient (Wildman–Crippen LogP) is 5.05. The van der Waals surface area contributed by atoms with Crippen molar-refractivity contribution >= 4 is 46.0 Å². The Hall–Kier alpha value is -4.10. The zero-order valence-electron chi connectivity index (χ0n) is 19.6. The average Bonchev–Trinajstić information content (AvgIpc) is 2.92. The lowest BCUT2D eigenvalue weighted by molar-refractivity contribution is -0.148. The third-order valence-corrected chi connectivity index (χ3v) is 6.54. The summed E-state index contributed by atoms with van der Waals surface area (Å²) < 4.78 is 5.31. The second-order valence-corrected chi connectivity index (χ2v) is 9.11. The largest absolute Gasteiger partial charge is 0.454 e. The van der Waals surface area contributed by atoms with Gasteiger partial charge in [0.05, 0.1) is 0 Å². The van der Waals surface area contributed by atoms with E-state index in [0.717, 1.165) is 16.3 Å². The van der Waals surface area contributed by atoms with Crippen LogP contribution in [-0.4, -0.2) is 36.2 Å². The van der Waals surface area contributed by atoms with Crippen LogP contribution in [0.1, 0.15) is 15.9 Å². The molecule has 1 unspecified atom stereocenters. The topological polar surface area (TPSA) is 84.5 Å². The number of anilines is 1. The molecule has 182 valence electrons. The van der Waals surface area contributed by atoms with Gasteiger partial charge in [0, 0.05) is 28.1 Å². The van der Waals surface area contributed by atoms with Crippen molar-refractivity contribution in [1.29, 1.82) is 0 Å². The van der Waals surface area contributed by atoms with Gasteiger partial charge in [-0.1, -0.05) is 84.9 Å². The molecule has 0 aliphatic carbocycles. The van der Waals surface area contributed by atoms with Crippen LogP contribution < -0.4 is 10.6 Å². The molecular formula is C29H26N2O4S. The van der Waals surface area contributed by atoms with Gasteiger partial charge in [-0.2, -0.15) is 11.8 Å². The van der Waals surface area contributed by atoms with Crippen LogP contribution in [0.4, 0.5) is 5.69 Å². The molecule has 1 atom stereocenters. The number of nitrogens with one attached hydrogen (secondary N) is 2. The number of esters is 1. The second-order valence-electron chi connectivity index (χ2n) is 8.08. The van der Waals surface area contributed by atoms with Crippen LogP contribution in [0.25, 0.3) is 10.8 Å². The molecule has 7 heteroatoms. The molecule has 0 heterocycles. The minimum Gasteiger partial charge on any atom is -0.454 e. The third-order valence-electron chi connectivity index (χ3n) is 5.43. The Morgan fingerprint density at radius 1 is 0.778 bits per heavy atom. The van der Waals surface area contributed by atoms with Crippen molar-refractivity contribution in [3.63, 3.8) is 0 Å². The Kier molecular flexibility index (Phi) is 8.72. The summed E-state index contributed by atoms with van der Waals surface area (Å²) >= 11 is 1.50. The van der Waals surface area contributed by atoms with Crippen LogP contribution in [0.2, 0.25) is 0 Å². The summed E-state index contributed by atoms with van der Waals surface area (Å²) in [6.45, 7) is -0.455. The number of hydrogen-bond donors (Lipinski definition) is 2. The highest BCUT2D eigenvalue weighted by Crippen LogP contribution is 2.22. The van der Waals surface area contributed by atoms with E-state index in [1.807, 2.05) is 72.8 Å². The molecule has 0 bridgehead atoms. The molecule has 0 aliphatic rings.